The van der Waals surface area contributed by atoms with E-state index in [0.717, 1.165) is 44.1 Å². The van der Waals surface area contributed by atoms with Gasteiger partial charge in [0.05, 0.1) is 19.2 Å². The van der Waals surface area contributed by atoms with Gasteiger partial charge >= 0.3 is 12.0 Å². The highest BCUT2D eigenvalue weighted by Crippen LogP contribution is 2.26. The number of likely N-dealkylation sites (tertiary alicyclic amines) is 1. The Hall–Kier alpha value is -3.09. The smallest absolute Gasteiger partial charge is 0.337 e. The van der Waals surface area contributed by atoms with E-state index < -0.39 is 11.8 Å². The van der Waals surface area contributed by atoms with E-state index >= 15 is 0 Å². The first-order valence-corrected chi connectivity index (χ1v) is 11.3. The molecule has 0 unspecified atom stereocenters. The summed E-state index contributed by atoms with van der Waals surface area (Å²) in [5.41, 5.74) is 2.28. The number of rotatable bonds is 7. The van der Waals surface area contributed by atoms with Crippen LogP contribution < -0.4 is 9.80 Å². The average Bonchev–Trinajstić information content (AvgIpc) is 2.84. The third-order valence-corrected chi connectivity index (χ3v) is 5.95. The number of nitrogens with zero attached hydrogens (tertiary/aromatic N) is 3. The molecule has 0 radical (unpaired) electrons. The van der Waals surface area contributed by atoms with Crippen LogP contribution in [0.4, 0.5) is 20.6 Å². The summed E-state index contributed by atoms with van der Waals surface area (Å²) < 4.78 is 19.5. The molecule has 7 heteroatoms. The van der Waals surface area contributed by atoms with E-state index in [1.54, 1.807) is 11.0 Å². The van der Waals surface area contributed by atoms with Gasteiger partial charge in [-0.25, -0.2) is 14.0 Å². The van der Waals surface area contributed by atoms with Crippen LogP contribution in [0.3, 0.4) is 0 Å². The molecule has 0 aromatic heterocycles. The Labute approximate surface area is 189 Å². The number of hydrogen-bond donors (Lipinski definition) is 0. The minimum absolute atomic E-state index is 0.0766. The molecule has 3 rings (SSSR count). The van der Waals surface area contributed by atoms with Gasteiger partial charge in [-0.05, 0) is 69.5 Å². The minimum atomic E-state index is -0.594. The number of piperidine rings is 1. The highest BCUT2D eigenvalue weighted by Gasteiger charge is 2.25. The third-order valence-electron chi connectivity index (χ3n) is 5.95. The fourth-order valence-electron chi connectivity index (χ4n) is 4.05. The fraction of sp³-hybridized carbons (Fsp3) is 0.440. The Morgan fingerprint density at radius 1 is 0.969 bits per heavy atom. The van der Waals surface area contributed by atoms with Crippen molar-refractivity contribution in [2.45, 2.75) is 39.7 Å². The van der Waals surface area contributed by atoms with Crippen LogP contribution in [0.25, 0.3) is 0 Å². The van der Waals surface area contributed by atoms with Crippen molar-refractivity contribution in [1.82, 2.24) is 4.90 Å². The van der Waals surface area contributed by atoms with E-state index in [2.05, 4.69) is 23.5 Å². The van der Waals surface area contributed by atoms with Gasteiger partial charge in [0, 0.05) is 43.1 Å². The Balaban J connectivity index is 1.91. The highest BCUT2D eigenvalue weighted by atomic mass is 19.1. The minimum Gasteiger partial charge on any atom is -0.465 e. The van der Waals surface area contributed by atoms with Crippen molar-refractivity contribution in [2.75, 3.05) is 43.1 Å². The van der Waals surface area contributed by atoms with Crippen LogP contribution in [0.5, 0.6) is 0 Å². The zero-order valence-electron chi connectivity index (χ0n) is 19.1. The molecule has 0 N–H and O–H groups in total. The Kier molecular flexibility index (Phi) is 8.09. The summed E-state index contributed by atoms with van der Waals surface area (Å²) >= 11 is 0. The molecule has 32 heavy (non-hydrogen) atoms. The molecule has 2 amide bonds. The Morgan fingerprint density at radius 3 is 2.16 bits per heavy atom. The number of carbonyl (C=O) groups is 2. The van der Waals surface area contributed by atoms with Crippen molar-refractivity contribution in [2.24, 2.45) is 0 Å². The molecule has 0 spiro atoms. The van der Waals surface area contributed by atoms with Crippen molar-refractivity contribution >= 4 is 23.4 Å². The van der Waals surface area contributed by atoms with Crippen LogP contribution >= 0.6 is 0 Å². The summed E-state index contributed by atoms with van der Waals surface area (Å²) in [6.07, 6.45) is 3.07. The second-order valence-corrected chi connectivity index (χ2v) is 7.90. The number of ether oxygens (including phenoxy) is 1. The van der Waals surface area contributed by atoms with Gasteiger partial charge in [0.2, 0.25) is 0 Å². The molecule has 0 aliphatic carbocycles. The molecule has 2 aromatic carbocycles. The monoisotopic (exact) mass is 441 g/mol. The molecule has 1 aliphatic rings. The number of esters is 1. The number of anilines is 2. The largest absolute Gasteiger partial charge is 0.465 e. The molecule has 0 atom stereocenters. The van der Waals surface area contributed by atoms with Gasteiger partial charge in [-0.15, -0.1) is 0 Å². The predicted octanol–water partition coefficient (Wildman–Crippen LogP) is 5.07. The van der Waals surface area contributed by atoms with Gasteiger partial charge < -0.3 is 14.5 Å². The molecule has 2 aromatic rings. The first-order chi connectivity index (χ1) is 15.5. The van der Waals surface area contributed by atoms with E-state index in [0.29, 0.717) is 24.3 Å². The lowest BCUT2D eigenvalue weighted by Crippen LogP contribution is -2.45. The van der Waals surface area contributed by atoms with Crippen molar-refractivity contribution in [3.05, 3.63) is 59.4 Å². The van der Waals surface area contributed by atoms with Gasteiger partial charge in [-0.2, -0.15) is 0 Å². The lowest BCUT2D eigenvalue weighted by Gasteiger charge is -2.33. The second kappa shape index (κ2) is 11.0. The van der Waals surface area contributed by atoms with E-state index in [4.69, 9.17) is 0 Å². The lowest BCUT2D eigenvalue weighted by molar-refractivity contribution is 0.0600. The third kappa shape index (κ3) is 5.39. The fourth-order valence-corrected chi connectivity index (χ4v) is 4.05. The van der Waals surface area contributed by atoms with Crippen molar-refractivity contribution in [3.63, 3.8) is 0 Å². The maximum absolute atomic E-state index is 14.8. The van der Waals surface area contributed by atoms with Gasteiger partial charge in [-0.1, -0.05) is 6.07 Å². The van der Waals surface area contributed by atoms with Crippen LogP contribution in [-0.4, -0.2) is 50.2 Å². The summed E-state index contributed by atoms with van der Waals surface area (Å²) in [5.74, 6) is -1.13. The maximum atomic E-state index is 14.8. The number of halogens is 1. The highest BCUT2D eigenvalue weighted by molar-refractivity contribution is 5.92. The van der Waals surface area contributed by atoms with Gasteiger partial charge in [0.15, 0.2) is 0 Å². The predicted molar refractivity (Wildman–Crippen MR) is 125 cm³/mol. The Morgan fingerprint density at radius 2 is 1.59 bits per heavy atom. The van der Waals surface area contributed by atoms with Crippen molar-refractivity contribution in [3.8, 4) is 0 Å². The van der Waals surface area contributed by atoms with Gasteiger partial charge in [0.25, 0.3) is 0 Å². The molecule has 1 heterocycles. The molecular formula is C25H32FN3O3. The molecular weight excluding hydrogens is 409 g/mol. The molecule has 0 bridgehead atoms. The number of benzene rings is 2. The summed E-state index contributed by atoms with van der Waals surface area (Å²) in [5, 5.41) is 0. The SMILES string of the molecule is CCN(CC)c1ccc(N(Cc2ccc(C(=O)OC)cc2F)C(=O)N2CCCCC2)cc1. The van der Waals surface area contributed by atoms with Crippen molar-refractivity contribution < 1.29 is 18.7 Å². The van der Waals surface area contributed by atoms with Crippen LogP contribution in [0, 0.1) is 5.82 Å². The molecule has 1 fully saturated rings. The van der Waals surface area contributed by atoms with E-state index in [-0.39, 0.29) is 18.1 Å². The lowest BCUT2D eigenvalue weighted by atomic mass is 10.1. The van der Waals surface area contributed by atoms with Crippen LogP contribution in [-0.2, 0) is 11.3 Å². The van der Waals surface area contributed by atoms with Crippen LogP contribution in [0.2, 0.25) is 0 Å². The van der Waals surface area contributed by atoms with E-state index in [1.807, 2.05) is 29.2 Å². The summed E-state index contributed by atoms with van der Waals surface area (Å²) in [6.45, 7) is 7.48. The average molecular weight is 442 g/mol. The second-order valence-electron chi connectivity index (χ2n) is 7.90. The van der Waals surface area contributed by atoms with Gasteiger partial charge in [-0.3, -0.25) is 4.90 Å². The molecule has 172 valence electrons. The van der Waals surface area contributed by atoms with E-state index in [9.17, 15) is 14.0 Å². The number of urea groups is 1. The summed E-state index contributed by atoms with van der Waals surface area (Å²) in [6, 6.07) is 11.9. The summed E-state index contributed by atoms with van der Waals surface area (Å²) in [7, 11) is 1.26. The summed E-state index contributed by atoms with van der Waals surface area (Å²) in [4.78, 5) is 30.8. The van der Waals surface area contributed by atoms with Crippen LogP contribution in [0.1, 0.15) is 49.0 Å². The number of carbonyl (C=O) groups excluding carboxylic acids is 2. The zero-order valence-corrected chi connectivity index (χ0v) is 19.1. The van der Waals surface area contributed by atoms with Crippen molar-refractivity contribution in [1.29, 1.82) is 0 Å². The van der Waals surface area contributed by atoms with Gasteiger partial charge in [0.1, 0.15) is 5.82 Å². The molecule has 0 saturated carbocycles. The normalized spacial score (nSPS) is 13.6. The quantitative estimate of drug-likeness (QED) is 0.563. The van der Waals surface area contributed by atoms with Crippen LogP contribution in [0.15, 0.2) is 42.5 Å². The number of amides is 2. The number of hydrogen-bond acceptors (Lipinski definition) is 4. The molecule has 1 saturated heterocycles. The molecule has 1 aliphatic heterocycles. The Bertz CT molecular complexity index is 923. The standard InChI is InChI=1S/C25H32FN3O3/c1-4-27(5-2)21-11-13-22(14-12-21)29(25(31)28-15-7-6-8-16-28)18-20-10-9-19(17-23(20)26)24(30)32-3/h9-14,17H,4-8,15-16,18H2,1-3H3. The maximum Gasteiger partial charge on any atom is 0.337 e. The first kappa shape index (κ1) is 23.6. The topological polar surface area (TPSA) is 53.1 Å². The van der Waals surface area contributed by atoms with E-state index in [1.165, 1.54) is 13.2 Å². The first-order valence-electron chi connectivity index (χ1n) is 11.3. The molecule has 6 nitrogen and oxygen atoms in total. The number of methoxy groups -OCH3 is 1. The zero-order chi connectivity index (χ0) is 23.1.